The summed E-state index contributed by atoms with van der Waals surface area (Å²) in [6.45, 7) is 2.26. The monoisotopic (exact) mass is 155 g/mol. The average molecular weight is 155 g/mol. The highest BCUT2D eigenvalue weighted by molar-refractivity contribution is 4.91. The molecule has 1 unspecified atom stereocenters. The topological polar surface area (TPSA) is 12.5 Å². The van der Waals surface area contributed by atoms with E-state index in [2.05, 4.69) is 4.90 Å². The number of ether oxygens (including phenoxy) is 1. The molecular weight excluding hydrogens is 138 g/mol. The number of hydrogen-bond donors (Lipinski definition) is 0. The van der Waals surface area contributed by atoms with E-state index < -0.39 is 0 Å². The highest BCUT2D eigenvalue weighted by Gasteiger charge is 2.36. The van der Waals surface area contributed by atoms with E-state index in [1.807, 2.05) is 7.11 Å². The van der Waals surface area contributed by atoms with Gasteiger partial charge in [0.15, 0.2) is 0 Å². The quantitative estimate of drug-likeness (QED) is 0.608. The molecule has 0 aromatic rings. The van der Waals surface area contributed by atoms with E-state index >= 15 is 0 Å². The average Bonchev–Trinajstić information content (AvgIpc) is 2.75. The maximum atomic E-state index is 5.19. The Balaban J connectivity index is 1.85. The Morgan fingerprint density at radius 3 is 2.82 bits per heavy atom. The van der Waals surface area contributed by atoms with Crippen molar-refractivity contribution in [3.05, 3.63) is 0 Å². The van der Waals surface area contributed by atoms with Gasteiger partial charge in [-0.05, 0) is 32.2 Å². The molecule has 64 valence electrons. The van der Waals surface area contributed by atoms with Crippen LogP contribution in [-0.2, 0) is 4.74 Å². The molecule has 2 fully saturated rings. The Labute approximate surface area is 68.5 Å². The minimum atomic E-state index is 0.743. The summed E-state index contributed by atoms with van der Waals surface area (Å²) >= 11 is 0. The van der Waals surface area contributed by atoms with Crippen LogP contribution in [0.5, 0.6) is 0 Å². The minimum Gasteiger partial charge on any atom is -0.383 e. The highest BCUT2D eigenvalue weighted by atomic mass is 16.5. The van der Waals surface area contributed by atoms with Gasteiger partial charge in [-0.2, -0.15) is 0 Å². The van der Waals surface area contributed by atoms with Crippen molar-refractivity contribution in [3.63, 3.8) is 0 Å². The molecule has 0 bridgehead atoms. The summed E-state index contributed by atoms with van der Waals surface area (Å²) in [5, 5.41) is 0. The molecule has 0 N–H and O–H groups in total. The fourth-order valence-corrected chi connectivity index (χ4v) is 2.12. The zero-order valence-electron chi connectivity index (χ0n) is 7.25. The first kappa shape index (κ1) is 7.56. The number of hydrogen-bond acceptors (Lipinski definition) is 2. The van der Waals surface area contributed by atoms with E-state index in [-0.39, 0.29) is 0 Å². The van der Waals surface area contributed by atoms with Crippen LogP contribution in [0.25, 0.3) is 0 Å². The van der Waals surface area contributed by atoms with Crippen molar-refractivity contribution >= 4 is 0 Å². The lowest BCUT2D eigenvalue weighted by molar-refractivity contribution is 0.111. The van der Waals surface area contributed by atoms with Gasteiger partial charge >= 0.3 is 0 Å². The van der Waals surface area contributed by atoms with E-state index in [0.29, 0.717) is 0 Å². The lowest BCUT2D eigenvalue weighted by Crippen LogP contribution is -2.34. The van der Waals surface area contributed by atoms with E-state index in [9.17, 15) is 0 Å². The molecule has 2 rings (SSSR count). The molecule has 0 aromatic heterocycles. The first-order valence-corrected chi connectivity index (χ1v) is 4.66. The SMILES string of the molecule is COCC1CCCN1C1CC1. The fourth-order valence-electron chi connectivity index (χ4n) is 2.12. The molecule has 0 radical (unpaired) electrons. The molecule has 2 heteroatoms. The molecular formula is C9H17NO. The second-order valence-corrected chi connectivity index (χ2v) is 3.72. The van der Waals surface area contributed by atoms with Gasteiger partial charge in [-0.3, -0.25) is 4.90 Å². The first-order chi connectivity index (χ1) is 5.42. The molecule has 0 amide bonds. The lowest BCUT2D eigenvalue weighted by Gasteiger charge is -2.22. The summed E-state index contributed by atoms with van der Waals surface area (Å²) in [5.74, 6) is 0. The van der Waals surface area contributed by atoms with Crippen LogP contribution in [0.2, 0.25) is 0 Å². The van der Waals surface area contributed by atoms with Gasteiger partial charge in [-0.15, -0.1) is 0 Å². The predicted molar refractivity (Wildman–Crippen MR) is 44.6 cm³/mol. The Kier molecular flexibility index (Phi) is 2.14. The van der Waals surface area contributed by atoms with Crippen LogP contribution >= 0.6 is 0 Å². The van der Waals surface area contributed by atoms with Crippen LogP contribution in [0.1, 0.15) is 25.7 Å². The molecule has 0 spiro atoms. The molecule has 1 aliphatic heterocycles. The number of rotatable bonds is 3. The van der Waals surface area contributed by atoms with Gasteiger partial charge in [0.25, 0.3) is 0 Å². The number of methoxy groups -OCH3 is 1. The third kappa shape index (κ3) is 1.57. The zero-order valence-corrected chi connectivity index (χ0v) is 7.25. The molecule has 2 aliphatic rings. The van der Waals surface area contributed by atoms with Crippen molar-refractivity contribution in [2.75, 3.05) is 20.3 Å². The van der Waals surface area contributed by atoms with E-state index in [1.54, 1.807) is 0 Å². The standard InChI is InChI=1S/C9H17NO/c1-11-7-9-3-2-6-10(9)8-4-5-8/h8-9H,2-7H2,1H3. The Hall–Kier alpha value is -0.0800. The second kappa shape index (κ2) is 3.11. The Morgan fingerprint density at radius 2 is 2.18 bits per heavy atom. The summed E-state index contributed by atoms with van der Waals surface area (Å²) < 4.78 is 5.19. The smallest absolute Gasteiger partial charge is 0.0618 e. The maximum Gasteiger partial charge on any atom is 0.0618 e. The van der Waals surface area contributed by atoms with Gasteiger partial charge in [-0.25, -0.2) is 0 Å². The molecule has 0 aromatic carbocycles. The summed E-state index contributed by atoms with van der Waals surface area (Å²) in [7, 11) is 1.81. The molecule has 11 heavy (non-hydrogen) atoms. The van der Waals surface area contributed by atoms with Gasteiger partial charge in [-0.1, -0.05) is 0 Å². The molecule has 2 nitrogen and oxygen atoms in total. The number of likely N-dealkylation sites (tertiary alicyclic amines) is 1. The summed E-state index contributed by atoms with van der Waals surface area (Å²) in [6, 6.07) is 1.67. The van der Waals surface area contributed by atoms with Crippen molar-refractivity contribution in [1.29, 1.82) is 0 Å². The van der Waals surface area contributed by atoms with Crippen molar-refractivity contribution in [2.24, 2.45) is 0 Å². The molecule has 1 atom stereocenters. The third-order valence-electron chi connectivity index (χ3n) is 2.80. The van der Waals surface area contributed by atoms with Gasteiger partial charge in [0.2, 0.25) is 0 Å². The largest absolute Gasteiger partial charge is 0.383 e. The predicted octanol–water partition coefficient (Wildman–Crippen LogP) is 1.26. The fraction of sp³-hybridized carbons (Fsp3) is 1.00. The van der Waals surface area contributed by atoms with E-state index in [4.69, 9.17) is 4.74 Å². The minimum absolute atomic E-state index is 0.743. The molecule has 1 heterocycles. The normalized spacial score (nSPS) is 33.0. The van der Waals surface area contributed by atoms with Gasteiger partial charge < -0.3 is 4.74 Å². The Bertz CT molecular complexity index is 134. The van der Waals surface area contributed by atoms with Crippen LogP contribution in [0.15, 0.2) is 0 Å². The lowest BCUT2D eigenvalue weighted by atomic mass is 10.2. The summed E-state index contributed by atoms with van der Waals surface area (Å²) in [4.78, 5) is 2.64. The maximum absolute atomic E-state index is 5.19. The second-order valence-electron chi connectivity index (χ2n) is 3.72. The van der Waals surface area contributed by atoms with Crippen LogP contribution in [0.4, 0.5) is 0 Å². The highest BCUT2D eigenvalue weighted by Crippen LogP contribution is 2.33. The van der Waals surface area contributed by atoms with E-state index in [0.717, 1.165) is 18.7 Å². The zero-order chi connectivity index (χ0) is 7.68. The van der Waals surface area contributed by atoms with Crippen molar-refractivity contribution in [2.45, 2.75) is 37.8 Å². The van der Waals surface area contributed by atoms with Crippen LogP contribution in [0, 0.1) is 0 Å². The molecule has 1 saturated heterocycles. The van der Waals surface area contributed by atoms with Crippen LogP contribution in [-0.4, -0.2) is 37.2 Å². The van der Waals surface area contributed by atoms with Crippen molar-refractivity contribution < 1.29 is 4.74 Å². The number of nitrogens with zero attached hydrogens (tertiary/aromatic N) is 1. The van der Waals surface area contributed by atoms with Crippen LogP contribution in [0.3, 0.4) is 0 Å². The molecule has 1 saturated carbocycles. The third-order valence-corrected chi connectivity index (χ3v) is 2.80. The summed E-state index contributed by atoms with van der Waals surface area (Å²) in [6.07, 6.45) is 5.59. The van der Waals surface area contributed by atoms with E-state index in [1.165, 1.54) is 32.2 Å². The van der Waals surface area contributed by atoms with Crippen LogP contribution < -0.4 is 0 Å². The molecule has 1 aliphatic carbocycles. The summed E-state index contributed by atoms with van der Waals surface area (Å²) in [5.41, 5.74) is 0. The Morgan fingerprint density at radius 1 is 1.36 bits per heavy atom. The van der Waals surface area contributed by atoms with Crippen molar-refractivity contribution in [3.8, 4) is 0 Å². The van der Waals surface area contributed by atoms with Crippen molar-refractivity contribution in [1.82, 2.24) is 4.90 Å². The van der Waals surface area contributed by atoms with Gasteiger partial charge in [0.05, 0.1) is 6.61 Å². The van der Waals surface area contributed by atoms with Gasteiger partial charge in [0, 0.05) is 19.2 Å². The first-order valence-electron chi connectivity index (χ1n) is 4.66. The van der Waals surface area contributed by atoms with Gasteiger partial charge in [0.1, 0.15) is 0 Å².